The zero-order valence-electron chi connectivity index (χ0n) is 17.7. The van der Waals surface area contributed by atoms with Gasteiger partial charge in [-0.15, -0.1) is 0 Å². The summed E-state index contributed by atoms with van der Waals surface area (Å²) >= 11 is 0. The summed E-state index contributed by atoms with van der Waals surface area (Å²) in [6.07, 6.45) is 3.81. The fourth-order valence-electron chi connectivity index (χ4n) is 3.78. The molecule has 0 atom stereocenters. The van der Waals surface area contributed by atoms with Crippen LogP contribution in [-0.4, -0.2) is 32.9 Å². The Hall–Kier alpha value is -3.68. The van der Waals surface area contributed by atoms with E-state index < -0.39 is 0 Å². The van der Waals surface area contributed by atoms with Crippen LogP contribution >= 0.6 is 0 Å². The van der Waals surface area contributed by atoms with Gasteiger partial charge in [0.1, 0.15) is 11.4 Å². The maximum Gasteiger partial charge on any atom is 0.259 e. The molecule has 1 saturated carbocycles. The molecule has 4 aromatic rings. The second kappa shape index (κ2) is 7.54. The van der Waals surface area contributed by atoms with Crippen molar-refractivity contribution in [3.8, 4) is 17.0 Å². The molecule has 0 aliphatic heterocycles. The van der Waals surface area contributed by atoms with Crippen LogP contribution in [0, 0.1) is 6.92 Å². The number of nitrogens with one attached hydrogen (secondary N) is 1. The molecule has 31 heavy (non-hydrogen) atoms. The molecule has 1 amide bonds. The van der Waals surface area contributed by atoms with E-state index in [1.54, 1.807) is 13.3 Å². The number of carbonyl (C=O) groups excluding carboxylic acids is 1. The van der Waals surface area contributed by atoms with Crippen LogP contribution in [-0.2, 0) is 6.54 Å². The molecule has 0 radical (unpaired) electrons. The highest BCUT2D eigenvalue weighted by Gasteiger charge is 2.29. The monoisotopic (exact) mass is 417 g/mol. The quantitative estimate of drug-likeness (QED) is 0.494. The summed E-state index contributed by atoms with van der Waals surface area (Å²) in [6, 6.07) is 9.38. The van der Waals surface area contributed by atoms with Gasteiger partial charge in [-0.05, 0) is 44.9 Å². The molecule has 1 fully saturated rings. The van der Waals surface area contributed by atoms with Gasteiger partial charge in [-0.25, -0.2) is 4.98 Å². The molecule has 0 bridgehead atoms. The van der Waals surface area contributed by atoms with Crippen molar-refractivity contribution in [2.24, 2.45) is 0 Å². The Bertz CT molecular complexity index is 1290. The molecule has 0 saturated heterocycles. The van der Waals surface area contributed by atoms with Gasteiger partial charge in [-0.3, -0.25) is 9.48 Å². The summed E-state index contributed by atoms with van der Waals surface area (Å²) in [6.45, 7) is 4.68. The number of benzene rings is 1. The maximum absolute atomic E-state index is 13.4. The van der Waals surface area contributed by atoms with Crippen LogP contribution in [0.2, 0.25) is 0 Å². The number of amides is 1. The Kier molecular flexibility index (Phi) is 4.69. The Labute approximate surface area is 179 Å². The summed E-state index contributed by atoms with van der Waals surface area (Å²) < 4.78 is 12.8. The fourth-order valence-corrected chi connectivity index (χ4v) is 3.78. The molecule has 0 spiro atoms. The number of hydrogen-bond acceptors (Lipinski definition) is 6. The molecule has 1 aromatic carbocycles. The lowest BCUT2D eigenvalue weighted by Gasteiger charge is -2.09. The molecule has 3 aromatic heterocycles. The van der Waals surface area contributed by atoms with E-state index in [-0.39, 0.29) is 5.91 Å². The number of anilines is 1. The van der Waals surface area contributed by atoms with Crippen LogP contribution < -0.4 is 10.1 Å². The lowest BCUT2D eigenvalue weighted by molar-refractivity contribution is 0.102. The second-order valence-electron chi connectivity index (χ2n) is 7.73. The first-order valence-corrected chi connectivity index (χ1v) is 10.4. The normalized spacial score (nSPS) is 13.5. The number of aryl methyl sites for hydroxylation is 1. The van der Waals surface area contributed by atoms with Crippen LogP contribution in [0.4, 0.5) is 5.69 Å². The fraction of sp³-hybridized carbons (Fsp3) is 0.304. The Morgan fingerprint density at radius 3 is 2.87 bits per heavy atom. The van der Waals surface area contributed by atoms with Crippen LogP contribution in [0.25, 0.3) is 22.4 Å². The molecule has 1 aliphatic carbocycles. The summed E-state index contributed by atoms with van der Waals surface area (Å²) in [7, 11) is 1.61. The SMILES string of the molecule is CCn1ncc(NC(=O)c2cc(C3CC3)nc3onc(-c4cccc(OC)c4)c23)c1C. The molecule has 0 unspecified atom stereocenters. The zero-order valence-corrected chi connectivity index (χ0v) is 17.7. The van der Waals surface area contributed by atoms with E-state index in [1.807, 2.05) is 48.9 Å². The average molecular weight is 417 g/mol. The van der Waals surface area contributed by atoms with Crippen molar-refractivity contribution in [2.45, 2.75) is 39.2 Å². The van der Waals surface area contributed by atoms with Gasteiger partial charge in [0, 0.05) is 23.7 Å². The topological polar surface area (TPSA) is 95.1 Å². The lowest BCUT2D eigenvalue weighted by Crippen LogP contribution is -2.14. The van der Waals surface area contributed by atoms with E-state index in [2.05, 4.69) is 20.6 Å². The summed E-state index contributed by atoms with van der Waals surface area (Å²) in [5.74, 6) is 0.830. The number of pyridine rings is 1. The number of hydrogen-bond donors (Lipinski definition) is 1. The van der Waals surface area contributed by atoms with Crippen molar-refractivity contribution in [3.05, 3.63) is 53.5 Å². The van der Waals surface area contributed by atoms with Gasteiger partial charge >= 0.3 is 0 Å². The number of ether oxygens (including phenoxy) is 1. The molecule has 5 rings (SSSR count). The van der Waals surface area contributed by atoms with Gasteiger partial charge in [0.15, 0.2) is 0 Å². The molecular weight excluding hydrogens is 394 g/mol. The Morgan fingerprint density at radius 1 is 1.32 bits per heavy atom. The van der Waals surface area contributed by atoms with Crippen molar-refractivity contribution in [1.82, 2.24) is 19.9 Å². The van der Waals surface area contributed by atoms with E-state index in [4.69, 9.17) is 9.26 Å². The Morgan fingerprint density at radius 2 is 2.16 bits per heavy atom. The minimum Gasteiger partial charge on any atom is -0.497 e. The minimum absolute atomic E-state index is 0.236. The maximum atomic E-state index is 13.4. The van der Waals surface area contributed by atoms with Gasteiger partial charge < -0.3 is 14.6 Å². The molecule has 8 nitrogen and oxygen atoms in total. The summed E-state index contributed by atoms with van der Waals surface area (Å²) in [5.41, 5.74) is 4.68. The molecule has 1 aliphatic rings. The largest absolute Gasteiger partial charge is 0.497 e. The number of fused-ring (bicyclic) bond motifs is 1. The van der Waals surface area contributed by atoms with E-state index in [1.165, 1.54) is 0 Å². The average Bonchev–Trinajstić information content (AvgIpc) is 3.47. The van der Waals surface area contributed by atoms with Gasteiger partial charge in [0.2, 0.25) is 0 Å². The van der Waals surface area contributed by atoms with Crippen molar-refractivity contribution in [2.75, 3.05) is 12.4 Å². The molecule has 3 heterocycles. The number of carbonyl (C=O) groups is 1. The molecular formula is C23H23N5O3. The first-order valence-electron chi connectivity index (χ1n) is 10.4. The van der Waals surface area contributed by atoms with Crippen LogP contribution in [0.15, 0.2) is 41.1 Å². The first kappa shape index (κ1) is 19.3. The van der Waals surface area contributed by atoms with E-state index >= 15 is 0 Å². The third-order valence-electron chi connectivity index (χ3n) is 5.70. The number of aromatic nitrogens is 4. The standard InChI is InChI=1S/C23H23N5O3/c1-4-28-13(2)19(12-24-28)25-22(29)17-11-18(14-8-9-14)26-23-20(17)21(27-31-23)15-6-5-7-16(10-15)30-3/h5-7,10-12,14H,4,8-9H2,1-3H3,(H,25,29). The highest BCUT2D eigenvalue weighted by molar-refractivity contribution is 6.14. The predicted octanol–water partition coefficient (Wildman–Crippen LogP) is 4.55. The van der Waals surface area contributed by atoms with Crippen LogP contribution in [0.5, 0.6) is 5.75 Å². The molecule has 1 N–H and O–H groups in total. The van der Waals surface area contributed by atoms with Crippen molar-refractivity contribution in [3.63, 3.8) is 0 Å². The van der Waals surface area contributed by atoms with Gasteiger partial charge in [0.25, 0.3) is 11.6 Å². The van der Waals surface area contributed by atoms with E-state index in [9.17, 15) is 4.79 Å². The van der Waals surface area contributed by atoms with Gasteiger partial charge in [0.05, 0.1) is 35.6 Å². The molecule has 8 heteroatoms. The predicted molar refractivity (Wildman–Crippen MR) is 116 cm³/mol. The third-order valence-corrected chi connectivity index (χ3v) is 5.70. The highest BCUT2D eigenvalue weighted by Crippen LogP contribution is 2.41. The van der Waals surface area contributed by atoms with Crippen molar-refractivity contribution >= 4 is 22.7 Å². The van der Waals surface area contributed by atoms with Crippen molar-refractivity contribution < 1.29 is 14.1 Å². The third kappa shape index (κ3) is 3.43. The first-order chi connectivity index (χ1) is 15.1. The van der Waals surface area contributed by atoms with Crippen molar-refractivity contribution in [1.29, 1.82) is 0 Å². The van der Waals surface area contributed by atoms with Gasteiger partial charge in [-0.1, -0.05) is 17.3 Å². The van der Waals surface area contributed by atoms with Crippen LogP contribution in [0.3, 0.4) is 0 Å². The Balaban J connectivity index is 1.63. The number of nitrogens with zero attached hydrogens (tertiary/aromatic N) is 4. The summed E-state index contributed by atoms with van der Waals surface area (Å²) in [5, 5.41) is 12.2. The smallest absolute Gasteiger partial charge is 0.259 e. The number of rotatable bonds is 6. The lowest BCUT2D eigenvalue weighted by atomic mass is 10.0. The zero-order chi connectivity index (χ0) is 21.5. The summed E-state index contributed by atoms with van der Waals surface area (Å²) in [4.78, 5) is 18.1. The minimum atomic E-state index is -0.236. The molecule has 158 valence electrons. The van der Waals surface area contributed by atoms with E-state index in [0.29, 0.717) is 39.7 Å². The second-order valence-corrected chi connectivity index (χ2v) is 7.73. The van der Waals surface area contributed by atoms with Gasteiger partial charge in [-0.2, -0.15) is 5.10 Å². The van der Waals surface area contributed by atoms with E-state index in [0.717, 1.165) is 36.3 Å². The highest BCUT2D eigenvalue weighted by atomic mass is 16.5. The number of methoxy groups -OCH3 is 1. The van der Waals surface area contributed by atoms with Crippen LogP contribution in [0.1, 0.15) is 47.4 Å².